The number of likely N-dealkylation sites (N-methyl/N-ethyl adjacent to an activating group) is 1. The Balaban J connectivity index is 1.97. The van der Waals surface area contributed by atoms with E-state index in [0.29, 0.717) is 12.0 Å². The first-order valence-corrected chi connectivity index (χ1v) is 7.16. The van der Waals surface area contributed by atoms with Gasteiger partial charge in [-0.3, -0.25) is 4.90 Å². The predicted octanol–water partition coefficient (Wildman–Crippen LogP) is 4.24. The van der Waals surface area contributed by atoms with E-state index in [1.54, 1.807) is 0 Å². The molecule has 1 fully saturated rings. The first-order valence-electron chi connectivity index (χ1n) is 7.16. The lowest BCUT2D eigenvalue weighted by Crippen LogP contribution is -2.34. The van der Waals surface area contributed by atoms with Crippen LogP contribution < -0.4 is 0 Å². The average Bonchev–Trinajstić information content (AvgIpc) is 2.49. The summed E-state index contributed by atoms with van der Waals surface area (Å²) >= 11 is 0. The van der Waals surface area contributed by atoms with Crippen LogP contribution in [0.4, 0.5) is 0 Å². The molecule has 0 saturated carbocycles. The van der Waals surface area contributed by atoms with E-state index >= 15 is 0 Å². The lowest BCUT2D eigenvalue weighted by molar-refractivity contribution is 0.161. The van der Waals surface area contributed by atoms with Gasteiger partial charge in [0.25, 0.3) is 0 Å². The topological polar surface area (TPSA) is 3.24 Å². The van der Waals surface area contributed by atoms with Crippen molar-refractivity contribution in [2.75, 3.05) is 13.6 Å². The first kappa shape index (κ1) is 12.4. The highest BCUT2D eigenvalue weighted by Gasteiger charge is 2.31. The van der Waals surface area contributed by atoms with Crippen molar-refractivity contribution >= 4 is 0 Å². The maximum atomic E-state index is 2.51. The molecule has 2 atom stereocenters. The maximum Gasteiger partial charge on any atom is 0.0413 e. The minimum atomic E-state index is 0.511. The number of hydrogen-bond donors (Lipinski definition) is 0. The molecule has 1 aliphatic heterocycles. The molecule has 1 heterocycles. The summed E-state index contributed by atoms with van der Waals surface area (Å²) in [6, 6.07) is 22.4. The van der Waals surface area contributed by atoms with Crippen molar-refractivity contribution in [3.05, 3.63) is 71.8 Å². The summed E-state index contributed by atoms with van der Waals surface area (Å²) in [5.74, 6) is 0.613. The number of likely N-dealkylation sites (tertiary alicyclic amines) is 1. The molecule has 2 aromatic rings. The van der Waals surface area contributed by atoms with E-state index in [0.717, 1.165) is 0 Å². The zero-order chi connectivity index (χ0) is 13.1. The van der Waals surface area contributed by atoms with Crippen molar-refractivity contribution in [2.24, 2.45) is 0 Å². The summed E-state index contributed by atoms with van der Waals surface area (Å²) in [5, 5.41) is 0. The Kier molecular flexibility index (Phi) is 3.65. The molecule has 0 amide bonds. The fourth-order valence-electron chi connectivity index (χ4n) is 3.35. The van der Waals surface area contributed by atoms with Crippen LogP contribution >= 0.6 is 0 Å². The van der Waals surface area contributed by atoms with Crippen molar-refractivity contribution in [1.82, 2.24) is 4.90 Å². The summed E-state index contributed by atoms with van der Waals surface area (Å²) in [4.78, 5) is 2.51. The Morgan fingerprint density at radius 1 is 0.842 bits per heavy atom. The van der Waals surface area contributed by atoms with E-state index in [1.807, 2.05) is 0 Å². The molecule has 0 bridgehead atoms. The Bertz CT molecular complexity index is 506. The molecule has 0 radical (unpaired) electrons. The van der Waals surface area contributed by atoms with Crippen LogP contribution in [0.2, 0.25) is 0 Å². The molecule has 0 aromatic heterocycles. The van der Waals surface area contributed by atoms with Gasteiger partial charge in [0.15, 0.2) is 0 Å². The molecule has 2 aromatic carbocycles. The fraction of sp³-hybridized carbons (Fsp3) is 0.333. The van der Waals surface area contributed by atoms with Gasteiger partial charge >= 0.3 is 0 Å². The molecule has 0 N–H and O–H groups in total. The van der Waals surface area contributed by atoms with Gasteiger partial charge in [-0.1, -0.05) is 60.7 Å². The summed E-state index contributed by atoms with van der Waals surface area (Å²) < 4.78 is 0. The molecule has 1 nitrogen and oxygen atoms in total. The number of piperidine rings is 1. The second-order valence-corrected chi connectivity index (χ2v) is 5.50. The molecule has 0 spiro atoms. The standard InChI is InChI=1S/C18H21N/c1-19-14-8-13-17(15-9-4-2-5-10-15)18(19)16-11-6-3-7-12-16/h2-7,9-12,17-18H,8,13-14H2,1H3. The van der Waals surface area contributed by atoms with Crippen LogP contribution in [0.15, 0.2) is 60.7 Å². The SMILES string of the molecule is CN1CCCC(c2ccccc2)C1c1ccccc1. The van der Waals surface area contributed by atoms with Crippen LogP contribution in [0.1, 0.15) is 35.9 Å². The molecule has 2 unspecified atom stereocenters. The van der Waals surface area contributed by atoms with E-state index < -0.39 is 0 Å². The quantitative estimate of drug-likeness (QED) is 0.771. The largest absolute Gasteiger partial charge is 0.299 e. The smallest absolute Gasteiger partial charge is 0.0413 e. The minimum absolute atomic E-state index is 0.511. The summed E-state index contributed by atoms with van der Waals surface area (Å²) in [6.07, 6.45) is 2.58. The van der Waals surface area contributed by atoms with Gasteiger partial charge in [0, 0.05) is 12.0 Å². The van der Waals surface area contributed by atoms with E-state index in [1.165, 1.54) is 30.5 Å². The monoisotopic (exact) mass is 251 g/mol. The van der Waals surface area contributed by atoms with Gasteiger partial charge < -0.3 is 0 Å². The highest BCUT2D eigenvalue weighted by atomic mass is 15.1. The third-order valence-corrected chi connectivity index (χ3v) is 4.25. The van der Waals surface area contributed by atoms with E-state index in [2.05, 4.69) is 72.6 Å². The maximum absolute atomic E-state index is 2.51. The highest BCUT2D eigenvalue weighted by Crippen LogP contribution is 2.41. The summed E-state index contributed by atoms with van der Waals surface area (Å²) in [7, 11) is 2.26. The molecule has 0 aliphatic carbocycles. The molecule has 1 aliphatic rings. The van der Waals surface area contributed by atoms with E-state index in [4.69, 9.17) is 0 Å². The van der Waals surface area contributed by atoms with Gasteiger partial charge in [-0.05, 0) is 37.6 Å². The Morgan fingerprint density at radius 3 is 2.05 bits per heavy atom. The van der Waals surface area contributed by atoms with Crippen LogP contribution in [-0.2, 0) is 0 Å². The van der Waals surface area contributed by atoms with Gasteiger partial charge in [0.2, 0.25) is 0 Å². The molecule has 98 valence electrons. The number of nitrogens with zero attached hydrogens (tertiary/aromatic N) is 1. The number of hydrogen-bond acceptors (Lipinski definition) is 1. The molecule has 1 saturated heterocycles. The van der Waals surface area contributed by atoms with Crippen LogP contribution in [0.3, 0.4) is 0 Å². The van der Waals surface area contributed by atoms with Crippen molar-refractivity contribution in [2.45, 2.75) is 24.8 Å². The van der Waals surface area contributed by atoms with Gasteiger partial charge in [0.1, 0.15) is 0 Å². The van der Waals surface area contributed by atoms with Crippen molar-refractivity contribution < 1.29 is 0 Å². The Hall–Kier alpha value is -1.60. The van der Waals surface area contributed by atoms with Gasteiger partial charge in [-0.15, -0.1) is 0 Å². The third kappa shape index (κ3) is 2.57. The zero-order valence-corrected chi connectivity index (χ0v) is 11.5. The molecule has 3 rings (SSSR count). The lowest BCUT2D eigenvalue weighted by atomic mass is 9.80. The van der Waals surface area contributed by atoms with Crippen molar-refractivity contribution in [3.63, 3.8) is 0 Å². The average molecular weight is 251 g/mol. The van der Waals surface area contributed by atoms with Crippen LogP contribution in [0.5, 0.6) is 0 Å². The third-order valence-electron chi connectivity index (χ3n) is 4.25. The minimum Gasteiger partial charge on any atom is -0.299 e. The van der Waals surface area contributed by atoms with Crippen molar-refractivity contribution in [1.29, 1.82) is 0 Å². The van der Waals surface area contributed by atoms with E-state index in [-0.39, 0.29) is 0 Å². The second kappa shape index (κ2) is 5.58. The van der Waals surface area contributed by atoms with E-state index in [9.17, 15) is 0 Å². The Morgan fingerprint density at radius 2 is 1.42 bits per heavy atom. The highest BCUT2D eigenvalue weighted by molar-refractivity contribution is 5.28. The zero-order valence-electron chi connectivity index (χ0n) is 11.5. The number of benzene rings is 2. The van der Waals surface area contributed by atoms with Gasteiger partial charge in [-0.2, -0.15) is 0 Å². The van der Waals surface area contributed by atoms with Crippen LogP contribution in [-0.4, -0.2) is 18.5 Å². The predicted molar refractivity (Wildman–Crippen MR) is 80.2 cm³/mol. The molecule has 1 heteroatoms. The lowest BCUT2D eigenvalue weighted by Gasteiger charge is -2.40. The van der Waals surface area contributed by atoms with Crippen LogP contribution in [0.25, 0.3) is 0 Å². The van der Waals surface area contributed by atoms with Gasteiger partial charge in [-0.25, -0.2) is 0 Å². The summed E-state index contributed by atoms with van der Waals surface area (Å²) in [5.41, 5.74) is 2.92. The fourth-order valence-corrected chi connectivity index (χ4v) is 3.35. The summed E-state index contributed by atoms with van der Waals surface area (Å²) in [6.45, 7) is 1.20. The van der Waals surface area contributed by atoms with Crippen LogP contribution in [0, 0.1) is 0 Å². The first-order chi connectivity index (χ1) is 9.36. The Labute approximate surface area is 115 Å². The second-order valence-electron chi connectivity index (χ2n) is 5.50. The van der Waals surface area contributed by atoms with Gasteiger partial charge in [0.05, 0.1) is 0 Å². The molecular weight excluding hydrogens is 230 g/mol. The van der Waals surface area contributed by atoms with Crippen molar-refractivity contribution in [3.8, 4) is 0 Å². The molecule has 19 heavy (non-hydrogen) atoms. The normalized spacial score (nSPS) is 24.3. The number of rotatable bonds is 2. The molecular formula is C18H21N.